The molecule has 0 saturated heterocycles. The zero-order valence-electron chi connectivity index (χ0n) is 15.7. The van der Waals surface area contributed by atoms with Crippen molar-refractivity contribution in [2.24, 2.45) is 5.92 Å². The average Bonchev–Trinajstić information content (AvgIpc) is 3.48. The Morgan fingerprint density at radius 1 is 1.17 bits per heavy atom. The van der Waals surface area contributed by atoms with E-state index in [4.69, 9.17) is 0 Å². The monoisotopic (exact) mass is 424 g/mol. The van der Waals surface area contributed by atoms with E-state index in [-0.39, 0.29) is 23.3 Å². The third kappa shape index (κ3) is 3.61. The summed E-state index contributed by atoms with van der Waals surface area (Å²) in [5.41, 5.74) is -0.844. The van der Waals surface area contributed by atoms with E-state index < -0.39 is 47.8 Å². The molecule has 2 heterocycles. The highest BCUT2D eigenvalue weighted by Gasteiger charge is 2.46. The molecule has 0 aliphatic heterocycles. The number of halogens is 5. The maximum Gasteiger partial charge on any atom is 0.266 e. The first-order valence-corrected chi connectivity index (χ1v) is 9.26. The Balaban J connectivity index is 1.70. The summed E-state index contributed by atoms with van der Waals surface area (Å²) in [6.45, 7) is 1.57. The summed E-state index contributed by atoms with van der Waals surface area (Å²) >= 11 is 0. The molecular weight excluding hydrogens is 407 g/mol. The van der Waals surface area contributed by atoms with E-state index in [2.05, 4.69) is 15.3 Å². The Hall–Kier alpha value is -3.04. The Bertz CT molecular complexity index is 1150. The number of pyridine rings is 1. The highest BCUT2D eigenvalue weighted by Crippen LogP contribution is 2.46. The molecule has 3 atom stereocenters. The van der Waals surface area contributed by atoms with Crippen LogP contribution in [0.3, 0.4) is 0 Å². The maximum atomic E-state index is 14.5. The van der Waals surface area contributed by atoms with Gasteiger partial charge in [-0.15, -0.1) is 0 Å². The van der Waals surface area contributed by atoms with Gasteiger partial charge in [0.1, 0.15) is 18.0 Å². The molecule has 1 aliphatic carbocycles. The fourth-order valence-electron chi connectivity index (χ4n) is 3.57. The van der Waals surface area contributed by atoms with E-state index >= 15 is 0 Å². The van der Waals surface area contributed by atoms with Crippen molar-refractivity contribution < 1.29 is 22.0 Å². The van der Waals surface area contributed by atoms with Crippen LogP contribution in [0.2, 0.25) is 0 Å². The van der Waals surface area contributed by atoms with E-state index in [1.165, 1.54) is 35.3 Å². The fraction of sp³-hybridized carbons (Fsp3) is 0.350. The second-order valence-electron chi connectivity index (χ2n) is 7.26. The van der Waals surface area contributed by atoms with Crippen molar-refractivity contribution >= 4 is 16.7 Å². The van der Waals surface area contributed by atoms with Gasteiger partial charge >= 0.3 is 0 Å². The summed E-state index contributed by atoms with van der Waals surface area (Å²) in [4.78, 5) is 20.4. The van der Waals surface area contributed by atoms with Crippen molar-refractivity contribution in [2.75, 3.05) is 5.32 Å². The molecule has 0 spiro atoms. The van der Waals surface area contributed by atoms with Crippen LogP contribution in [0.1, 0.15) is 43.0 Å². The lowest BCUT2D eigenvalue weighted by Gasteiger charge is -2.18. The molecule has 30 heavy (non-hydrogen) atoms. The number of benzene rings is 1. The van der Waals surface area contributed by atoms with E-state index in [1.807, 2.05) is 0 Å². The number of rotatable bonds is 6. The first-order chi connectivity index (χ1) is 14.3. The Labute approximate surface area is 167 Å². The summed E-state index contributed by atoms with van der Waals surface area (Å²) < 4.78 is 67.5. The van der Waals surface area contributed by atoms with Gasteiger partial charge in [-0.3, -0.25) is 4.79 Å². The molecule has 1 aliphatic rings. The van der Waals surface area contributed by atoms with Crippen LogP contribution < -0.4 is 10.9 Å². The molecule has 0 amide bonds. The van der Waals surface area contributed by atoms with Crippen molar-refractivity contribution in [1.82, 2.24) is 14.5 Å². The SMILES string of the molecule is C[C@@H](Nc1ncnc2cc(=O)n([C@@H]3CC3C(F)F)cc12)c1cccc(C(F)F)c1F. The lowest BCUT2D eigenvalue weighted by atomic mass is 10.0. The molecule has 5 nitrogen and oxygen atoms in total. The molecule has 158 valence electrons. The maximum absolute atomic E-state index is 14.5. The predicted molar refractivity (Wildman–Crippen MR) is 100 cm³/mol. The second kappa shape index (κ2) is 7.66. The highest BCUT2D eigenvalue weighted by molar-refractivity contribution is 5.88. The zero-order chi connectivity index (χ0) is 21.6. The average molecular weight is 424 g/mol. The van der Waals surface area contributed by atoms with E-state index in [0.717, 1.165) is 6.07 Å². The van der Waals surface area contributed by atoms with Crippen molar-refractivity contribution in [3.05, 3.63) is 64.1 Å². The van der Waals surface area contributed by atoms with Gasteiger partial charge in [0.25, 0.3) is 12.0 Å². The first-order valence-electron chi connectivity index (χ1n) is 9.26. The standard InChI is InChI=1S/C20H17F5N4O/c1-9(10-3-2-4-11(17(10)21)18(22)23)28-20-13-7-29(15-5-12(15)19(24)25)16(30)6-14(13)26-8-27-20/h2-4,6-9,12,15,18-19H,5H2,1H3,(H,26,27,28)/t9-,12?,15-/m1/s1. The zero-order valence-corrected chi connectivity index (χ0v) is 15.7. The van der Waals surface area contributed by atoms with Crippen LogP contribution in [0, 0.1) is 11.7 Å². The summed E-state index contributed by atoms with van der Waals surface area (Å²) in [6.07, 6.45) is -2.67. The summed E-state index contributed by atoms with van der Waals surface area (Å²) in [5.74, 6) is -1.66. The van der Waals surface area contributed by atoms with Crippen LogP contribution in [0.4, 0.5) is 27.8 Å². The first kappa shape index (κ1) is 20.2. The molecule has 4 rings (SSSR count). The number of hydrogen-bond donors (Lipinski definition) is 1. The number of nitrogens with one attached hydrogen (secondary N) is 1. The number of aromatic nitrogens is 3. The van der Waals surface area contributed by atoms with Crippen LogP contribution in [-0.2, 0) is 0 Å². The van der Waals surface area contributed by atoms with E-state index in [9.17, 15) is 26.7 Å². The van der Waals surface area contributed by atoms with Gasteiger partial charge in [0, 0.05) is 29.8 Å². The van der Waals surface area contributed by atoms with Gasteiger partial charge in [0.15, 0.2) is 0 Å². The molecule has 1 saturated carbocycles. The number of hydrogen-bond acceptors (Lipinski definition) is 4. The predicted octanol–water partition coefficient (Wildman–Crippen LogP) is 4.87. The van der Waals surface area contributed by atoms with Crippen LogP contribution >= 0.6 is 0 Å². The van der Waals surface area contributed by atoms with Gasteiger partial charge in [0.05, 0.1) is 22.5 Å². The smallest absolute Gasteiger partial charge is 0.266 e. The van der Waals surface area contributed by atoms with Crippen LogP contribution in [0.25, 0.3) is 10.9 Å². The topological polar surface area (TPSA) is 59.8 Å². The lowest BCUT2D eigenvalue weighted by Crippen LogP contribution is -2.20. The third-order valence-corrected chi connectivity index (χ3v) is 5.30. The second-order valence-corrected chi connectivity index (χ2v) is 7.26. The van der Waals surface area contributed by atoms with Gasteiger partial charge in [-0.1, -0.05) is 18.2 Å². The minimum atomic E-state index is -2.95. The Morgan fingerprint density at radius 2 is 1.90 bits per heavy atom. The Kier molecular flexibility index (Phi) is 5.17. The summed E-state index contributed by atoms with van der Waals surface area (Å²) in [7, 11) is 0. The molecule has 10 heteroatoms. The minimum Gasteiger partial charge on any atom is -0.363 e. The summed E-state index contributed by atoms with van der Waals surface area (Å²) in [5, 5.41) is 3.33. The number of anilines is 1. The molecule has 0 radical (unpaired) electrons. The fourth-order valence-corrected chi connectivity index (χ4v) is 3.57. The van der Waals surface area contributed by atoms with Gasteiger partial charge < -0.3 is 9.88 Å². The van der Waals surface area contributed by atoms with Gasteiger partial charge in [-0.05, 0) is 13.3 Å². The normalized spacial score (nSPS) is 19.5. The quantitative estimate of drug-likeness (QED) is 0.574. The third-order valence-electron chi connectivity index (χ3n) is 5.30. The molecule has 3 aromatic rings. The molecule has 1 fully saturated rings. The van der Waals surface area contributed by atoms with Gasteiger partial charge in [-0.2, -0.15) is 0 Å². The molecule has 0 bridgehead atoms. The Morgan fingerprint density at radius 3 is 2.57 bits per heavy atom. The summed E-state index contributed by atoms with van der Waals surface area (Å²) in [6, 6.07) is 3.63. The lowest BCUT2D eigenvalue weighted by molar-refractivity contribution is 0.116. The number of fused-ring (bicyclic) bond motifs is 1. The van der Waals surface area contributed by atoms with Crippen LogP contribution in [0.15, 0.2) is 41.6 Å². The van der Waals surface area contributed by atoms with Gasteiger partial charge in [0.2, 0.25) is 6.43 Å². The van der Waals surface area contributed by atoms with Crippen molar-refractivity contribution in [3.63, 3.8) is 0 Å². The van der Waals surface area contributed by atoms with Crippen molar-refractivity contribution in [3.8, 4) is 0 Å². The van der Waals surface area contributed by atoms with Crippen LogP contribution in [-0.4, -0.2) is 21.0 Å². The largest absolute Gasteiger partial charge is 0.363 e. The minimum absolute atomic E-state index is 0.0211. The molecule has 1 N–H and O–H groups in total. The van der Waals surface area contributed by atoms with E-state index in [1.54, 1.807) is 6.92 Å². The number of nitrogens with zero attached hydrogens (tertiary/aromatic N) is 3. The highest BCUT2D eigenvalue weighted by atomic mass is 19.3. The molecular formula is C20H17F5N4O. The van der Waals surface area contributed by atoms with E-state index in [0.29, 0.717) is 5.39 Å². The number of alkyl halides is 4. The molecule has 2 aromatic heterocycles. The van der Waals surface area contributed by atoms with Crippen LogP contribution in [0.5, 0.6) is 0 Å². The van der Waals surface area contributed by atoms with Crippen molar-refractivity contribution in [1.29, 1.82) is 0 Å². The van der Waals surface area contributed by atoms with Gasteiger partial charge in [-0.25, -0.2) is 31.9 Å². The van der Waals surface area contributed by atoms with Crippen molar-refractivity contribution in [2.45, 2.75) is 38.3 Å². The molecule has 1 unspecified atom stereocenters. The molecule has 1 aromatic carbocycles.